The number of piperazine rings is 1. The van der Waals surface area contributed by atoms with Crippen LogP contribution < -0.4 is 5.32 Å². The maximum absolute atomic E-state index is 8.93. The number of nitrogens with one attached hydrogen (secondary N) is 1. The van der Waals surface area contributed by atoms with Gasteiger partial charge in [-0.1, -0.05) is 0 Å². The van der Waals surface area contributed by atoms with E-state index in [4.69, 9.17) is 9.68 Å². The van der Waals surface area contributed by atoms with Crippen molar-refractivity contribution in [2.45, 2.75) is 12.6 Å². The van der Waals surface area contributed by atoms with E-state index in [-0.39, 0.29) is 6.04 Å². The Labute approximate surface area is 83.1 Å². The van der Waals surface area contributed by atoms with E-state index < -0.39 is 0 Å². The van der Waals surface area contributed by atoms with Gasteiger partial charge in [0, 0.05) is 31.7 Å². The van der Waals surface area contributed by atoms with Crippen molar-refractivity contribution >= 4 is 0 Å². The van der Waals surface area contributed by atoms with Gasteiger partial charge in [-0.2, -0.15) is 5.26 Å². The third-order valence-electron chi connectivity index (χ3n) is 2.47. The minimum Gasteiger partial charge on any atom is -0.472 e. The molecule has 1 aromatic heterocycles. The molecule has 0 spiro atoms. The molecular formula is C10H13N3O. The zero-order chi connectivity index (χ0) is 9.80. The van der Waals surface area contributed by atoms with Gasteiger partial charge in [-0.25, -0.2) is 0 Å². The average Bonchev–Trinajstić information content (AvgIpc) is 2.71. The molecule has 1 aliphatic heterocycles. The fourth-order valence-electron chi connectivity index (χ4n) is 1.68. The highest BCUT2D eigenvalue weighted by Gasteiger charge is 2.21. The van der Waals surface area contributed by atoms with Gasteiger partial charge < -0.3 is 9.73 Å². The molecule has 1 saturated heterocycles. The van der Waals surface area contributed by atoms with Crippen LogP contribution in [0.25, 0.3) is 0 Å². The largest absolute Gasteiger partial charge is 0.472 e. The summed E-state index contributed by atoms with van der Waals surface area (Å²) >= 11 is 0. The first-order chi connectivity index (χ1) is 6.90. The molecule has 4 heteroatoms. The van der Waals surface area contributed by atoms with Crippen molar-refractivity contribution in [3.8, 4) is 6.07 Å². The van der Waals surface area contributed by atoms with E-state index in [2.05, 4.69) is 16.3 Å². The van der Waals surface area contributed by atoms with Gasteiger partial charge in [0.05, 0.1) is 18.6 Å². The number of hydrogen-bond donors (Lipinski definition) is 1. The van der Waals surface area contributed by atoms with E-state index in [1.807, 2.05) is 6.07 Å². The fraction of sp³-hybridized carbons (Fsp3) is 0.500. The first-order valence-electron chi connectivity index (χ1n) is 4.75. The summed E-state index contributed by atoms with van der Waals surface area (Å²) in [5.74, 6) is 0. The van der Waals surface area contributed by atoms with E-state index >= 15 is 0 Å². The molecule has 1 N–H and O–H groups in total. The normalized spacial score (nSPS) is 23.2. The van der Waals surface area contributed by atoms with E-state index in [0.717, 1.165) is 31.7 Å². The Kier molecular flexibility index (Phi) is 2.82. The van der Waals surface area contributed by atoms with Gasteiger partial charge in [-0.3, -0.25) is 4.90 Å². The van der Waals surface area contributed by atoms with E-state index in [9.17, 15) is 0 Å². The van der Waals surface area contributed by atoms with Crippen molar-refractivity contribution in [2.75, 3.05) is 19.6 Å². The Hall–Kier alpha value is -1.31. The molecule has 74 valence electrons. The summed E-state index contributed by atoms with van der Waals surface area (Å²) in [6, 6.07) is 4.23. The summed E-state index contributed by atoms with van der Waals surface area (Å²) in [7, 11) is 0. The van der Waals surface area contributed by atoms with Gasteiger partial charge in [-0.15, -0.1) is 0 Å². The lowest BCUT2D eigenvalue weighted by Gasteiger charge is -2.31. The maximum Gasteiger partial charge on any atom is 0.111 e. The SMILES string of the molecule is N#CC1CNCCN1Cc1ccoc1. The number of rotatable bonds is 2. The van der Waals surface area contributed by atoms with Crippen LogP contribution in [-0.2, 0) is 6.54 Å². The second kappa shape index (κ2) is 4.27. The van der Waals surface area contributed by atoms with Crippen molar-refractivity contribution in [3.05, 3.63) is 24.2 Å². The van der Waals surface area contributed by atoms with Crippen LogP contribution in [0.5, 0.6) is 0 Å². The van der Waals surface area contributed by atoms with Gasteiger partial charge in [0.15, 0.2) is 0 Å². The minimum absolute atomic E-state index is 0.0151. The molecule has 4 nitrogen and oxygen atoms in total. The Bertz CT molecular complexity index is 315. The molecule has 0 aromatic carbocycles. The van der Waals surface area contributed by atoms with Crippen LogP contribution >= 0.6 is 0 Å². The molecule has 1 aliphatic rings. The Morgan fingerprint density at radius 3 is 3.36 bits per heavy atom. The predicted molar refractivity (Wildman–Crippen MR) is 51.4 cm³/mol. The molecule has 2 rings (SSSR count). The lowest BCUT2D eigenvalue weighted by atomic mass is 10.2. The molecule has 0 radical (unpaired) electrons. The van der Waals surface area contributed by atoms with Crippen molar-refractivity contribution < 1.29 is 4.42 Å². The molecule has 0 aliphatic carbocycles. The highest BCUT2D eigenvalue weighted by Crippen LogP contribution is 2.09. The second-order valence-electron chi connectivity index (χ2n) is 3.45. The number of nitriles is 1. The summed E-state index contributed by atoms with van der Waals surface area (Å²) in [5, 5.41) is 12.1. The highest BCUT2D eigenvalue weighted by atomic mass is 16.3. The molecule has 1 aromatic rings. The third kappa shape index (κ3) is 1.95. The zero-order valence-corrected chi connectivity index (χ0v) is 7.94. The van der Waals surface area contributed by atoms with Crippen LogP contribution in [0.1, 0.15) is 5.56 Å². The molecule has 0 bridgehead atoms. The molecule has 0 amide bonds. The smallest absolute Gasteiger partial charge is 0.111 e. The number of hydrogen-bond acceptors (Lipinski definition) is 4. The van der Waals surface area contributed by atoms with Crippen LogP contribution in [0.15, 0.2) is 23.0 Å². The van der Waals surface area contributed by atoms with Gasteiger partial charge in [0.25, 0.3) is 0 Å². The van der Waals surface area contributed by atoms with Gasteiger partial charge in [0.1, 0.15) is 6.04 Å². The van der Waals surface area contributed by atoms with Gasteiger partial charge >= 0.3 is 0 Å². The van der Waals surface area contributed by atoms with Crippen molar-refractivity contribution in [2.24, 2.45) is 0 Å². The van der Waals surface area contributed by atoms with E-state index in [0.29, 0.717) is 0 Å². The predicted octanol–water partition coefficient (Wildman–Crippen LogP) is 0.577. The van der Waals surface area contributed by atoms with Crippen molar-refractivity contribution in [1.82, 2.24) is 10.2 Å². The minimum atomic E-state index is -0.0151. The number of furan rings is 1. The lowest BCUT2D eigenvalue weighted by molar-refractivity contribution is 0.189. The Morgan fingerprint density at radius 2 is 2.64 bits per heavy atom. The monoisotopic (exact) mass is 191 g/mol. The Balaban J connectivity index is 1.99. The van der Waals surface area contributed by atoms with Crippen LogP contribution in [-0.4, -0.2) is 30.6 Å². The van der Waals surface area contributed by atoms with Crippen LogP contribution in [0.3, 0.4) is 0 Å². The fourth-order valence-corrected chi connectivity index (χ4v) is 1.68. The molecule has 14 heavy (non-hydrogen) atoms. The molecule has 1 unspecified atom stereocenters. The molecular weight excluding hydrogens is 178 g/mol. The van der Waals surface area contributed by atoms with Crippen LogP contribution in [0.4, 0.5) is 0 Å². The maximum atomic E-state index is 8.93. The number of nitrogens with zero attached hydrogens (tertiary/aromatic N) is 2. The summed E-state index contributed by atoms with van der Waals surface area (Å²) in [6.45, 7) is 3.43. The molecule has 1 fully saturated rings. The van der Waals surface area contributed by atoms with Crippen LogP contribution in [0, 0.1) is 11.3 Å². The lowest BCUT2D eigenvalue weighted by Crippen LogP contribution is -2.49. The summed E-state index contributed by atoms with van der Waals surface area (Å²) in [6.07, 6.45) is 3.40. The molecule has 2 heterocycles. The average molecular weight is 191 g/mol. The standard InChI is InChI=1S/C10H13N3O/c11-5-10-6-12-2-3-13(10)7-9-1-4-14-8-9/h1,4,8,10,12H,2-3,6-7H2. The van der Waals surface area contributed by atoms with Gasteiger partial charge in [-0.05, 0) is 6.07 Å². The topological polar surface area (TPSA) is 52.2 Å². The summed E-state index contributed by atoms with van der Waals surface area (Å²) in [4.78, 5) is 2.17. The van der Waals surface area contributed by atoms with Gasteiger partial charge in [0.2, 0.25) is 0 Å². The zero-order valence-electron chi connectivity index (χ0n) is 7.94. The summed E-state index contributed by atoms with van der Waals surface area (Å²) in [5.41, 5.74) is 1.13. The summed E-state index contributed by atoms with van der Waals surface area (Å²) < 4.78 is 5.00. The second-order valence-corrected chi connectivity index (χ2v) is 3.45. The Morgan fingerprint density at radius 1 is 1.71 bits per heavy atom. The third-order valence-corrected chi connectivity index (χ3v) is 2.47. The van der Waals surface area contributed by atoms with E-state index in [1.165, 1.54) is 0 Å². The van der Waals surface area contributed by atoms with Crippen molar-refractivity contribution in [1.29, 1.82) is 5.26 Å². The van der Waals surface area contributed by atoms with E-state index in [1.54, 1.807) is 12.5 Å². The molecule has 1 atom stereocenters. The van der Waals surface area contributed by atoms with Crippen molar-refractivity contribution in [3.63, 3.8) is 0 Å². The molecule has 0 saturated carbocycles. The van der Waals surface area contributed by atoms with Crippen LogP contribution in [0.2, 0.25) is 0 Å². The highest BCUT2D eigenvalue weighted by molar-refractivity contribution is 5.07. The quantitative estimate of drug-likeness (QED) is 0.742. The first kappa shape index (κ1) is 9.25. The first-order valence-corrected chi connectivity index (χ1v) is 4.75.